The average molecular weight is 385 g/mol. The van der Waals surface area contributed by atoms with Crippen molar-refractivity contribution < 1.29 is 9.53 Å². The number of carbonyl (C=O) groups is 1. The van der Waals surface area contributed by atoms with Gasteiger partial charge in [-0.1, -0.05) is 57.4 Å². The molecule has 3 atom stereocenters. The van der Waals surface area contributed by atoms with Gasteiger partial charge in [-0.3, -0.25) is 4.79 Å². The third-order valence-electron chi connectivity index (χ3n) is 6.91. The van der Waals surface area contributed by atoms with Crippen LogP contribution in [0.15, 0.2) is 48.8 Å². The molecule has 0 heterocycles. The van der Waals surface area contributed by atoms with Gasteiger partial charge in [0.15, 0.2) is 0 Å². The van der Waals surface area contributed by atoms with Gasteiger partial charge < -0.3 is 4.74 Å². The second-order valence-electron chi connectivity index (χ2n) is 10.1. The molecule has 0 spiro atoms. The fourth-order valence-electron chi connectivity index (χ4n) is 5.38. The van der Waals surface area contributed by atoms with Gasteiger partial charge in [-0.2, -0.15) is 0 Å². The number of allylic oxidation sites excluding steroid dienone is 6. The van der Waals surface area contributed by atoms with Crippen molar-refractivity contribution in [3.05, 3.63) is 48.8 Å². The maximum absolute atomic E-state index is 12.3. The number of esters is 1. The van der Waals surface area contributed by atoms with E-state index in [1.165, 1.54) is 32.1 Å². The molecule has 156 valence electrons. The van der Waals surface area contributed by atoms with E-state index in [1.807, 2.05) is 26.8 Å². The zero-order valence-electron chi connectivity index (χ0n) is 18.9. The van der Waals surface area contributed by atoms with Crippen LogP contribution in [0.2, 0.25) is 0 Å². The summed E-state index contributed by atoms with van der Waals surface area (Å²) in [4.78, 5) is 12.3. The first-order chi connectivity index (χ1) is 13.1. The van der Waals surface area contributed by atoms with Crippen molar-refractivity contribution in [1.82, 2.24) is 0 Å². The van der Waals surface area contributed by atoms with E-state index in [0.717, 1.165) is 6.42 Å². The zero-order valence-corrected chi connectivity index (χ0v) is 18.9. The molecule has 2 aliphatic carbocycles. The van der Waals surface area contributed by atoms with Gasteiger partial charge in [0.05, 0.1) is 5.41 Å². The van der Waals surface area contributed by atoms with E-state index < -0.39 is 5.41 Å². The first-order valence-corrected chi connectivity index (χ1v) is 11.0. The second-order valence-corrected chi connectivity index (χ2v) is 10.1. The Labute approximate surface area is 172 Å². The lowest BCUT2D eigenvalue weighted by molar-refractivity contribution is -0.148. The van der Waals surface area contributed by atoms with Crippen molar-refractivity contribution in [3.63, 3.8) is 0 Å². The standard InChI is InChI=1S/C26H40O2/c1-8-15-25(7,16-9-2)26(17-11-10-12-18-26)22-14-13-21(19-20(22)3)28-23(27)24(4,5)6/h8-9,13-14,16,19-20,22H,1,10-12,15,17-18H2,2-7H3/b16-9-. The number of rotatable bonds is 6. The van der Waals surface area contributed by atoms with Crippen molar-refractivity contribution in [1.29, 1.82) is 0 Å². The number of carbonyl (C=O) groups excluding carboxylic acids is 1. The minimum atomic E-state index is -0.492. The first kappa shape index (κ1) is 22.7. The highest BCUT2D eigenvalue weighted by Crippen LogP contribution is 2.60. The van der Waals surface area contributed by atoms with Crippen LogP contribution in [-0.2, 0) is 9.53 Å². The molecule has 2 rings (SSSR count). The third-order valence-corrected chi connectivity index (χ3v) is 6.91. The van der Waals surface area contributed by atoms with Crippen LogP contribution in [0.3, 0.4) is 0 Å². The zero-order chi connectivity index (χ0) is 21.0. The summed E-state index contributed by atoms with van der Waals surface area (Å²) in [5, 5.41) is 0. The molecular weight excluding hydrogens is 344 g/mol. The number of ether oxygens (including phenoxy) is 1. The molecule has 3 unspecified atom stereocenters. The summed E-state index contributed by atoms with van der Waals surface area (Å²) in [5.41, 5.74) is -0.202. The van der Waals surface area contributed by atoms with Crippen molar-refractivity contribution in [2.24, 2.45) is 28.1 Å². The van der Waals surface area contributed by atoms with Crippen LogP contribution in [0.1, 0.15) is 80.1 Å². The van der Waals surface area contributed by atoms with E-state index >= 15 is 0 Å². The van der Waals surface area contributed by atoms with Crippen LogP contribution in [0.4, 0.5) is 0 Å². The maximum Gasteiger partial charge on any atom is 0.316 e. The highest BCUT2D eigenvalue weighted by atomic mass is 16.5. The quantitative estimate of drug-likeness (QED) is 0.352. The van der Waals surface area contributed by atoms with Gasteiger partial charge in [0.2, 0.25) is 0 Å². The SMILES string of the molecule is C=CCC(C)(/C=C\C)C1(C2C=CC(OC(=O)C(C)(C)C)=CC2C)CCCCC1. The summed E-state index contributed by atoms with van der Waals surface area (Å²) in [6.45, 7) is 16.6. The molecule has 0 bridgehead atoms. The van der Waals surface area contributed by atoms with Crippen LogP contribution in [0, 0.1) is 28.1 Å². The fourth-order valence-corrected chi connectivity index (χ4v) is 5.38. The third kappa shape index (κ3) is 4.53. The van der Waals surface area contributed by atoms with Crippen LogP contribution in [0.5, 0.6) is 0 Å². The van der Waals surface area contributed by atoms with Gasteiger partial charge in [0.25, 0.3) is 0 Å². The Morgan fingerprint density at radius 3 is 2.39 bits per heavy atom. The normalized spacial score (nSPS) is 27.1. The maximum atomic E-state index is 12.3. The minimum absolute atomic E-state index is 0.0839. The van der Waals surface area contributed by atoms with E-state index in [2.05, 4.69) is 57.7 Å². The van der Waals surface area contributed by atoms with Crippen molar-refractivity contribution in [3.8, 4) is 0 Å². The van der Waals surface area contributed by atoms with Gasteiger partial charge >= 0.3 is 5.97 Å². The topological polar surface area (TPSA) is 26.3 Å². The van der Waals surface area contributed by atoms with Crippen molar-refractivity contribution in [2.75, 3.05) is 0 Å². The molecule has 1 fully saturated rings. The average Bonchev–Trinajstić information content (AvgIpc) is 2.62. The smallest absolute Gasteiger partial charge is 0.316 e. The molecule has 0 N–H and O–H groups in total. The molecule has 0 aromatic rings. The Morgan fingerprint density at radius 2 is 1.89 bits per heavy atom. The molecule has 1 saturated carbocycles. The minimum Gasteiger partial charge on any atom is -0.426 e. The molecule has 0 radical (unpaired) electrons. The Morgan fingerprint density at radius 1 is 1.25 bits per heavy atom. The molecule has 2 nitrogen and oxygen atoms in total. The summed E-state index contributed by atoms with van der Waals surface area (Å²) in [7, 11) is 0. The van der Waals surface area contributed by atoms with Gasteiger partial charge in [-0.05, 0) is 81.8 Å². The lowest BCUT2D eigenvalue weighted by Gasteiger charge is -2.55. The number of hydrogen-bond acceptors (Lipinski definition) is 2. The second kappa shape index (κ2) is 8.84. The first-order valence-electron chi connectivity index (χ1n) is 11.0. The summed E-state index contributed by atoms with van der Waals surface area (Å²) in [5.74, 6) is 1.30. The lowest BCUT2D eigenvalue weighted by Crippen LogP contribution is -2.47. The Bertz CT molecular complexity index is 652. The summed E-state index contributed by atoms with van der Waals surface area (Å²) >= 11 is 0. The van der Waals surface area contributed by atoms with Crippen LogP contribution in [-0.4, -0.2) is 5.97 Å². The molecule has 0 saturated heterocycles. The highest BCUT2D eigenvalue weighted by molar-refractivity contribution is 5.76. The summed E-state index contributed by atoms with van der Waals surface area (Å²) in [6.07, 6.45) is 20.6. The molecule has 0 aromatic heterocycles. The molecule has 28 heavy (non-hydrogen) atoms. The van der Waals surface area contributed by atoms with Gasteiger partial charge in [-0.15, -0.1) is 6.58 Å². The summed E-state index contributed by atoms with van der Waals surface area (Å²) < 4.78 is 5.68. The molecular formula is C26H40O2. The van der Waals surface area contributed by atoms with Gasteiger partial charge in [0.1, 0.15) is 5.76 Å². The van der Waals surface area contributed by atoms with Crippen LogP contribution >= 0.6 is 0 Å². The van der Waals surface area contributed by atoms with Crippen LogP contribution in [0.25, 0.3) is 0 Å². The highest BCUT2D eigenvalue weighted by Gasteiger charge is 2.51. The number of hydrogen-bond donors (Lipinski definition) is 0. The summed E-state index contributed by atoms with van der Waals surface area (Å²) in [6, 6.07) is 0. The van der Waals surface area contributed by atoms with Crippen molar-refractivity contribution >= 4 is 5.97 Å². The fraction of sp³-hybridized carbons (Fsp3) is 0.654. The monoisotopic (exact) mass is 384 g/mol. The van der Waals surface area contributed by atoms with E-state index in [1.54, 1.807) is 0 Å². The predicted molar refractivity (Wildman–Crippen MR) is 119 cm³/mol. The lowest BCUT2D eigenvalue weighted by atomic mass is 9.49. The molecule has 2 heteroatoms. The molecule has 0 amide bonds. The largest absolute Gasteiger partial charge is 0.426 e. The van der Waals surface area contributed by atoms with E-state index in [9.17, 15) is 4.79 Å². The van der Waals surface area contributed by atoms with E-state index in [4.69, 9.17) is 4.74 Å². The van der Waals surface area contributed by atoms with Crippen LogP contribution < -0.4 is 0 Å². The Kier molecular flexibility index (Phi) is 7.17. The van der Waals surface area contributed by atoms with E-state index in [0.29, 0.717) is 17.6 Å². The van der Waals surface area contributed by atoms with E-state index in [-0.39, 0.29) is 16.8 Å². The van der Waals surface area contributed by atoms with Gasteiger partial charge in [-0.25, -0.2) is 0 Å². The molecule has 0 aliphatic heterocycles. The molecule has 2 aliphatic rings. The van der Waals surface area contributed by atoms with Gasteiger partial charge in [0, 0.05) is 0 Å². The predicted octanol–water partition coefficient (Wildman–Crippen LogP) is 7.39. The Hall–Kier alpha value is -1.57. The molecule has 0 aromatic carbocycles. The van der Waals surface area contributed by atoms with Crippen molar-refractivity contribution in [2.45, 2.75) is 80.1 Å². The Balaban J connectivity index is 2.35.